The highest BCUT2D eigenvalue weighted by molar-refractivity contribution is 5.51. The Bertz CT molecular complexity index is 4290. The number of hydrogen-bond donors (Lipinski definition) is 7. The minimum Gasteiger partial charge on any atom is -0.391 e. The fraction of sp³-hybridized carbons (Fsp3) is 0.685. The van der Waals surface area contributed by atoms with E-state index >= 15 is 0 Å². The van der Waals surface area contributed by atoms with Crippen molar-refractivity contribution in [2.75, 3.05) is 246 Å². The Hall–Kier alpha value is -7.87. The van der Waals surface area contributed by atoms with Crippen LogP contribution in [0.3, 0.4) is 0 Å². The molecule has 0 amide bonds. The zero-order valence-electron chi connectivity index (χ0n) is 88.1. The second-order valence-corrected chi connectivity index (χ2v) is 44.2. The van der Waals surface area contributed by atoms with Crippen molar-refractivity contribution >= 4 is 39.8 Å². The molecule has 0 radical (unpaired) electrons. The molecule has 0 aromatic carbocycles. The number of piperazine rings is 2. The molecule has 10 fully saturated rings. The van der Waals surface area contributed by atoms with Crippen LogP contribution in [0.4, 0.5) is 39.8 Å². The van der Waals surface area contributed by atoms with E-state index in [9.17, 15) is 35.7 Å². The third-order valence-electron chi connectivity index (χ3n) is 29.5. The van der Waals surface area contributed by atoms with Crippen LogP contribution in [0.1, 0.15) is 281 Å². The Morgan fingerprint density at radius 1 is 0.268 bits per heavy atom. The van der Waals surface area contributed by atoms with Gasteiger partial charge in [0, 0.05) is 210 Å². The molecule has 7 aromatic heterocycles. The van der Waals surface area contributed by atoms with Crippen molar-refractivity contribution in [1.82, 2.24) is 64.3 Å². The standard InChI is InChI=1S/2C19H32N4O.C18H29N3O.C16H27N3O.3C13H20N2O/c2*1-16(2)18-5-4-17(14-20-18)23-8-6-19(24,7-9-23)15-22-12-10-21(3)11-13-22;1-15(2)17-6-5-16(13-19-17)21-11-7-18(22,8-12-21)14-20-9-3-4-10-20;1-13(2)15-7-6-14(10-17-15)19-9-5-8-16(20,12-19)11-18(3)4;3*1-10(2)13-6-5-11(8-14-13)15-7-3-4-12(16)9-15/h2*4-5,14,16,24H,6-13,15H2,1-3H3;5-6,13,15,22H,3-4,7-12,14H2,1-2H3;6-7,10,13,20H,5,8-9,11-12H2,1-4H3;3*5-6,8,10,12,16H,3-4,7,9H2,1-2H3/t;;;;2*12-;/m....10./s1. The molecule has 17 rings (SSSR count). The Kier molecular flexibility index (Phi) is 42.8. The maximum Gasteiger partial charge on any atom is 0.0948 e. The molecule has 27 heteroatoms. The summed E-state index contributed by atoms with van der Waals surface area (Å²) >= 11 is 0. The van der Waals surface area contributed by atoms with Crippen LogP contribution in [-0.2, 0) is 0 Å². The van der Waals surface area contributed by atoms with Crippen LogP contribution in [0, 0.1) is 0 Å². The molecular weight excluding hydrogens is 1730 g/mol. The number of hydrogen-bond acceptors (Lipinski definition) is 27. The molecule has 17 heterocycles. The van der Waals surface area contributed by atoms with Crippen LogP contribution in [-0.4, -0.2) is 352 Å². The first-order valence-electron chi connectivity index (χ1n) is 52.9. The average Bonchev–Trinajstić information content (AvgIpc) is 1.08. The number of likely N-dealkylation sites (tertiary alicyclic amines) is 1. The minimum absolute atomic E-state index is 0.182. The largest absolute Gasteiger partial charge is 0.391 e. The molecule has 7 aromatic rings. The van der Waals surface area contributed by atoms with Crippen molar-refractivity contribution in [3.05, 3.63) is 168 Å². The van der Waals surface area contributed by atoms with Gasteiger partial charge in [0.15, 0.2) is 0 Å². The first kappa shape index (κ1) is 111. The van der Waals surface area contributed by atoms with Crippen molar-refractivity contribution in [2.45, 2.75) is 282 Å². The molecule has 0 aliphatic carbocycles. The van der Waals surface area contributed by atoms with Gasteiger partial charge in [-0.25, -0.2) is 0 Å². The van der Waals surface area contributed by atoms with E-state index in [0.29, 0.717) is 54.5 Å². The van der Waals surface area contributed by atoms with Crippen LogP contribution < -0.4 is 34.3 Å². The molecule has 27 nitrogen and oxygen atoms in total. The predicted molar refractivity (Wildman–Crippen MR) is 568 cm³/mol. The van der Waals surface area contributed by atoms with Gasteiger partial charge in [0.05, 0.1) is 124 Å². The van der Waals surface area contributed by atoms with E-state index in [1.165, 1.54) is 29.9 Å². The zero-order valence-corrected chi connectivity index (χ0v) is 88.1. The van der Waals surface area contributed by atoms with Crippen molar-refractivity contribution in [3.8, 4) is 0 Å². The second kappa shape index (κ2) is 53.5. The van der Waals surface area contributed by atoms with E-state index in [0.717, 1.165) is 323 Å². The number of nitrogens with zero attached hydrogens (tertiary/aromatic N) is 20. The number of aliphatic hydroxyl groups excluding tert-OH is 3. The van der Waals surface area contributed by atoms with Gasteiger partial charge in [-0.15, -0.1) is 0 Å². The molecule has 0 saturated carbocycles. The lowest BCUT2D eigenvalue weighted by molar-refractivity contribution is -0.0253. The van der Waals surface area contributed by atoms with Crippen molar-refractivity contribution in [2.24, 2.45) is 0 Å². The van der Waals surface area contributed by atoms with Crippen molar-refractivity contribution in [3.63, 3.8) is 0 Å². The zero-order chi connectivity index (χ0) is 99.3. The smallest absolute Gasteiger partial charge is 0.0948 e. The maximum absolute atomic E-state index is 11.0. The highest BCUT2D eigenvalue weighted by Gasteiger charge is 2.40. The Balaban J connectivity index is 0.000000155. The Morgan fingerprint density at radius 2 is 0.493 bits per heavy atom. The van der Waals surface area contributed by atoms with Crippen LogP contribution in [0.25, 0.3) is 0 Å². The molecule has 138 heavy (non-hydrogen) atoms. The first-order chi connectivity index (χ1) is 65.8. The van der Waals surface area contributed by atoms with Gasteiger partial charge in [0.25, 0.3) is 0 Å². The topological polar surface area (TPSA) is 274 Å². The summed E-state index contributed by atoms with van der Waals surface area (Å²) in [4.78, 5) is 61.6. The quantitative estimate of drug-likeness (QED) is 0.0332. The van der Waals surface area contributed by atoms with Crippen LogP contribution in [0.5, 0.6) is 0 Å². The van der Waals surface area contributed by atoms with Crippen LogP contribution in [0.15, 0.2) is 128 Å². The van der Waals surface area contributed by atoms with E-state index in [1.807, 2.05) is 57.5 Å². The summed E-state index contributed by atoms with van der Waals surface area (Å²) < 4.78 is 0. The number of likely N-dealkylation sites (N-methyl/N-ethyl adjacent to an activating group) is 3. The summed E-state index contributed by atoms with van der Waals surface area (Å²) in [5, 5.41) is 72.4. The highest BCUT2D eigenvalue weighted by atomic mass is 16.3. The van der Waals surface area contributed by atoms with E-state index in [4.69, 9.17) is 0 Å². The molecule has 10 aliphatic rings. The molecule has 7 N–H and O–H groups in total. The number of pyridine rings is 7. The van der Waals surface area contributed by atoms with Gasteiger partial charge in [-0.3, -0.25) is 44.7 Å². The number of anilines is 7. The predicted octanol–water partition coefficient (Wildman–Crippen LogP) is 14.8. The summed E-state index contributed by atoms with van der Waals surface area (Å²) in [5.74, 6) is 3.28. The number of aliphatic hydroxyl groups is 7. The number of rotatable bonds is 22. The minimum atomic E-state index is -0.613. The van der Waals surface area contributed by atoms with Gasteiger partial charge >= 0.3 is 0 Å². The van der Waals surface area contributed by atoms with Gasteiger partial charge in [-0.1, -0.05) is 96.9 Å². The summed E-state index contributed by atoms with van der Waals surface area (Å²) in [6.07, 6.45) is 28.6. The van der Waals surface area contributed by atoms with E-state index in [2.05, 4.69) is 295 Å². The van der Waals surface area contributed by atoms with E-state index in [1.54, 1.807) is 0 Å². The number of β-amino-alcohol motifs (C(OH)–C–C–N with tert-alkyl or cyclic N) is 7. The average molecular weight is 1910 g/mol. The lowest BCUT2D eigenvalue weighted by Crippen LogP contribution is -2.54. The summed E-state index contributed by atoms with van der Waals surface area (Å²) in [6, 6.07) is 29.7. The Labute approximate surface area is 830 Å². The third-order valence-corrected chi connectivity index (χ3v) is 29.5. The molecule has 10 saturated heterocycles. The van der Waals surface area contributed by atoms with Gasteiger partial charge in [0.2, 0.25) is 0 Å². The molecule has 2 unspecified atom stereocenters. The monoisotopic (exact) mass is 1910 g/mol. The maximum atomic E-state index is 11.0. The molecule has 0 spiro atoms. The summed E-state index contributed by atoms with van der Waals surface area (Å²) in [5.41, 5.74) is 13.8. The van der Waals surface area contributed by atoms with Gasteiger partial charge in [-0.2, -0.15) is 0 Å². The van der Waals surface area contributed by atoms with Crippen molar-refractivity contribution < 1.29 is 35.7 Å². The van der Waals surface area contributed by atoms with Gasteiger partial charge < -0.3 is 89.6 Å². The SMILES string of the molecule is CC(C)c1ccc(N2CCC(O)(CN3CCCC3)CC2)cn1.CC(C)c1ccc(N2CCC(O)(CN3CCN(C)CC3)CC2)cn1.CC(C)c1ccc(N2CCC(O)(CN3CCN(C)CC3)CC2)cn1.CC(C)c1ccc(N2CCCC(O)(CN(C)C)C2)cn1.CC(C)c1ccc(N2CCCC(O)C2)cn1.CC(C)c1ccc(N2CCC[C@@H](O)C2)cn1.CC(C)c1ccc(N2CCC[C@H](O)C2)cn1. The number of piperidine rings is 7. The molecular formula is C111H180N20O7. The fourth-order valence-electron chi connectivity index (χ4n) is 20.3. The first-order valence-corrected chi connectivity index (χ1v) is 52.9. The lowest BCUT2D eigenvalue weighted by atomic mass is 9.90. The highest BCUT2D eigenvalue weighted by Crippen LogP contribution is 2.35. The van der Waals surface area contributed by atoms with Gasteiger partial charge in [-0.05, 0) is 270 Å². The summed E-state index contributed by atoms with van der Waals surface area (Å²) in [7, 11) is 8.36. The molecule has 10 aliphatic heterocycles. The fourth-order valence-corrected chi connectivity index (χ4v) is 20.3. The van der Waals surface area contributed by atoms with Crippen molar-refractivity contribution in [1.29, 1.82) is 0 Å². The van der Waals surface area contributed by atoms with Crippen LogP contribution >= 0.6 is 0 Å². The van der Waals surface area contributed by atoms with Gasteiger partial charge in [0.1, 0.15) is 0 Å². The molecule has 0 bridgehead atoms. The lowest BCUT2D eigenvalue weighted by Gasteiger charge is -2.43. The molecule has 766 valence electrons. The molecule has 4 atom stereocenters. The van der Waals surface area contributed by atoms with E-state index in [-0.39, 0.29) is 18.3 Å². The third kappa shape index (κ3) is 35.0. The van der Waals surface area contributed by atoms with E-state index < -0.39 is 22.4 Å². The van der Waals surface area contributed by atoms with Crippen LogP contribution in [0.2, 0.25) is 0 Å². The summed E-state index contributed by atoms with van der Waals surface area (Å²) in [6.45, 7) is 56.9. The normalized spacial score (nSPS) is 22.5. The second-order valence-electron chi connectivity index (χ2n) is 44.2. The Morgan fingerprint density at radius 3 is 0.710 bits per heavy atom. The number of aromatic nitrogens is 7.